The van der Waals surface area contributed by atoms with Gasteiger partial charge in [0, 0.05) is 11.6 Å². The van der Waals surface area contributed by atoms with Crippen molar-refractivity contribution in [1.29, 1.82) is 0 Å². The van der Waals surface area contributed by atoms with E-state index in [1.165, 1.54) is 12.1 Å². The summed E-state index contributed by atoms with van der Waals surface area (Å²) in [6.07, 6.45) is 0.568. The minimum Gasteiger partial charge on any atom is -0.508 e. The molecule has 0 amide bonds. The Morgan fingerprint density at radius 1 is 1.14 bits per heavy atom. The summed E-state index contributed by atoms with van der Waals surface area (Å²) in [6.45, 7) is 3.76. The van der Waals surface area contributed by atoms with Crippen molar-refractivity contribution in [2.75, 3.05) is 0 Å². The molecule has 0 aromatic heterocycles. The summed E-state index contributed by atoms with van der Waals surface area (Å²) in [5.74, 6) is 0.122. The SMILES string of the molecule is CCc1c(O)ccc(S(=O)(=O)NCc2ccc(Cl)cc2)c1C. The van der Waals surface area contributed by atoms with Gasteiger partial charge >= 0.3 is 0 Å². The lowest BCUT2D eigenvalue weighted by atomic mass is 10.1. The molecule has 0 saturated heterocycles. The normalized spacial score (nSPS) is 11.6. The van der Waals surface area contributed by atoms with E-state index in [1.807, 2.05) is 6.92 Å². The number of sulfonamides is 1. The van der Waals surface area contributed by atoms with Gasteiger partial charge in [-0.25, -0.2) is 13.1 Å². The first kappa shape index (κ1) is 16.8. The van der Waals surface area contributed by atoms with Gasteiger partial charge in [0.2, 0.25) is 10.0 Å². The third kappa shape index (κ3) is 3.61. The molecule has 22 heavy (non-hydrogen) atoms. The first-order valence-corrected chi connectivity index (χ1v) is 8.77. The molecule has 0 spiro atoms. The molecule has 0 atom stereocenters. The molecule has 0 aliphatic rings. The number of phenols is 1. The number of aromatic hydroxyl groups is 1. The number of benzene rings is 2. The smallest absolute Gasteiger partial charge is 0.241 e. The molecule has 2 aromatic rings. The highest BCUT2D eigenvalue weighted by Crippen LogP contribution is 2.27. The van der Waals surface area contributed by atoms with Crippen molar-refractivity contribution in [3.63, 3.8) is 0 Å². The maximum atomic E-state index is 12.5. The predicted molar refractivity (Wildman–Crippen MR) is 87.7 cm³/mol. The molecule has 118 valence electrons. The number of phenolic OH excluding ortho intramolecular Hbond substituents is 1. The minimum atomic E-state index is -3.64. The van der Waals surface area contributed by atoms with E-state index in [4.69, 9.17) is 11.6 Å². The van der Waals surface area contributed by atoms with Gasteiger partial charge in [-0.2, -0.15) is 0 Å². The summed E-state index contributed by atoms with van der Waals surface area (Å²) < 4.78 is 27.5. The van der Waals surface area contributed by atoms with Gasteiger partial charge in [-0.15, -0.1) is 0 Å². The third-order valence-corrected chi connectivity index (χ3v) is 5.34. The first-order chi connectivity index (χ1) is 10.3. The number of nitrogens with one attached hydrogen (secondary N) is 1. The Bertz CT molecular complexity index is 771. The molecule has 0 aliphatic carbocycles. The van der Waals surface area contributed by atoms with Crippen LogP contribution in [-0.2, 0) is 23.0 Å². The molecule has 0 aliphatic heterocycles. The van der Waals surface area contributed by atoms with Crippen LogP contribution in [0.2, 0.25) is 5.02 Å². The average molecular weight is 340 g/mol. The Balaban J connectivity index is 2.25. The summed E-state index contributed by atoms with van der Waals surface area (Å²) in [5, 5.41) is 10.4. The number of rotatable bonds is 5. The van der Waals surface area contributed by atoms with Crippen LogP contribution >= 0.6 is 11.6 Å². The highest BCUT2D eigenvalue weighted by atomic mass is 35.5. The molecule has 0 unspecified atom stereocenters. The van der Waals surface area contributed by atoms with Crippen molar-refractivity contribution < 1.29 is 13.5 Å². The summed E-state index contributed by atoms with van der Waals surface area (Å²) in [5.41, 5.74) is 2.04. The maximum absolute atomic E-state index is 12.5. The Morgan fingerprint density at radius 3 is 2.36 bits per heavy atom. The van der Waals surface area contributed by atoms with Gasteiger partial charge < -0.3 is 5.11 Å². The quantitative estimate of drug-likeness (QED) is 0.877. The minimum absolute atomic E-state index is 0.122. The summed E-state index contributed by atoms with van der Waals surface area (Å²) in [4.78, 5) is 0.191. The van der Waals surface area contributed by atoms with Crippen molar-refractivity contribution in [2.24, 2.45) is 0 Å². The molecule has 4 nitrogen and oxygen atoms in total. The predicted octanol–water partition coefficient (Wildman–Crippen LogP) is 3.39. The van der Waals surface area contributed by atoms with E-state index in [9.17, 15) is 13.5 Å². The van der Waals surface area contributed by atoms with E-state index in [0.717, 1.165) is 5.56 Å². The van der Waals surface area contributed by atoms with Crippen LogP contribution in [-0.4, -0.2) is 13.5 Å². The second-order valence-corrected chi connectivity index (χ2v) is 7.16. The van der Waals surface area contributed by atoms with Gasteiger partial charge in [-0.05, 0) is 54.3 Å². The molecule has 2 N–H and O–H groups in total. The molecule has 0 saturated carbocycles. The highest BCUT2D eigenvalue weighted by molar-refractivity contribution is 7.89. The standard InChI is InChI=1S/C16H18ClNO3S/c1-3-14-11(2)16(9-8-15(14)19)22(20,21)18-10-12-4-6-13(17)7-5-12/h4-9,18-19H,3,10H2,1-2H3. The topological polar surface area (TPSA) is 66.4 Å². The summed E-state index contributed by atoms with van der Waals surface area (Å²) in [7, 11) is -3.64. The van der Waals surface area contributed by atoms with Crippen LogP contribution in [0.3, 0.4) is 0 Å². The second-order valence-electron chi connectivity index (χ2n) is 4.99. The van der Waals surface area contributed by atoms with Crippen LogP contribution in [0.5, 0.6) is 5.75 Å². The van der Waals surface area contributed by atoms with Crippen LogP contribution in [0.25, 0.3) is 0 Å². The van der Waals surface area contributed by atoms with Crippen LogP contribution < -0.4 is 4.72 Å². The zero-order valence-electron chi connectivity index (χ0n) is 12.4. The number of hydrogen-bond acceptors (Lipinski definition) is 3. The Morgan fingerprint density at radius 2 is 1.77 bits per heavy atom. The molecular weight excluding hydrogens is 322 g/mol. The molecular formula is C16H18ClNO3S. The van der Waals surface area contributed by atoms with Crippen molar-refractivity contribution in [3.05, 3.63) is 58.1 Å². The van der Waals surface area contributed by atoms with Gasteiger partial charge in [0.05, 0.1) is 4.90 Å². The summed E-state index contributed by atoms with van der Waals surface area (Å²) in [6, 6.07) is 9.81. The van der Waals surface area contributed by atoms with E-state index in [1.54, 1.807) is 31.2 Å². The maximum Gasteiger partial charge on any atom is 0.241 e. The Kier molecular flexibility index (Phi) is 5.11. The van der Waals surface area contributed by atoms with Crippen LogP contribution in [0, 0.1) is 6.92 Å². The van der Waals surface area contributed by atoms with Crippen LogP contribution in [0.1, 0.15) is 23.6 Å². The van der Waals surface area contributed by atoms with E-state index < -0.39 is 10.0 Å². The van der Waals surface area contributed by atoms with Crippen LogP contribution in [0.4, 0.5) is 0 Å². The summed E-state index contributed by atoms with van der Waals surface area (Å²) >= 11 is 5.80. The molecule has 2 rings (SSSR count). The molecule has 6 heteroatoms. The lowest BCUT2D eigenvalue weighted by Gasteiger charge is -2.13. The number of halogens is 1. The lowest BCUT2D eigenvalue weighted by Crippen LogP contribution is -2.24. The zero-order valence-corrected chi connectivity index (χ0v) is 14.0. The van der Waals surface area contributed by atoms with Crippen molar-refractivity contribution in [3.8, 4) is 5.75 Å². The largest absolute Gasteiger partial charge is 0.508 e. The van der Waals surface area contributed by atoms with E-state index in [-0.39, 0.29) is 17.2 Å². The first-order valence-electron chi connectivity index (χ1n) is 6.90. The molecule has 0 heterocycles. The fourth-order valence-corrected chi connectivity index (χ4v) is 3.73. The van der Waals surface area contributed by atoms with E-state index in [0.29, 0.717) is 22.6 Å². The average Bonchev–Trinajstić information content (AvgIpc) is 2.47. The van der Waals surface area contributed by atoms with Gasteiger partial charge in [0.1, 0.15) is 5.75 Å². The fourth-order valence-electron chi connectivity index (χ4n) is 2.32. The van der Waals surface area contributed by atoms with Gasteiger partial charge in [-0.3, -0.25) is 0 Å². The third-order valence-electron chi connectivity index (χ3n) is 3.55. The molecule has 0 bridgehead atoms. The lowest BCUT2D eigenvalue weighted by molar-refractivity contribution is 0.467. The van der Waals surface area contributed by atoms with Crippen LogP contribution in [0.15, 0.2) is 41.3 Å². The highest BCUT2D eigenvalue weighted by Gasteiger charge is 2.19. The molecule has 0 radical (unpaired) electrons. The zero-order chi connectivity index (χ0) is 16.3. The van der Waals surface area contributed by atoms with Crippen molar-refractivity contribution in [2.45, 2.75) is 31.7 Å². The second kappa shape index (κ2) is 6.69. The molecule has 0 fully saturated rings. The number of hydrogen-bond donors (Lipinski definition) is 2. The van der Waals surface area contributed by atoms with Gasteiger partial charge in [0.25, 0.3) is 0 Å². The monoisotopic (exact) mass is 339 g/mol. The van der Waals surface area contributed by atoms with E-state index in [2.05, 4.69) is 4.72 Å². The van der Waals surface area contributed by atoms with Crippen molar-refractivity contribution >= 4 is 21.6 Å². The Hall–Kier alpha value is -1.56. The van der Waals surface area contributed by atoms with E-state index >= 15 is 0 Å². The Labute approximate surface area is 135 Å². The fraction of sp³-hybridized carbons (Fsp3) is 0.250. The van der Waals surface area contributed by atoms with Crippen molar-refractivity contribution in [1.82, 2.24) is 4.72 Å². The van der Waals surface area contributed by atoms with Gasteiger partial charge in [0.15, 0.2) is 0 Å². The van der Waals surface area contributed by atoms with Gasteiger partial charge in [-0.1, -0.05) is 30.7 Å². The molecule has 2 aromatic carbocycles.